The Morgan fingerprint density at radius 3 is 2.57 bits per heavy atom. The molecule has 110 valence electrons. The number of carbonyl (C=O) groups excluding carboxylic acids is 1. The van der Waals surface area contributed by atoms with Gasteiger partial charge in [-0.2, -0.15) is 0 Å². The molecule has 1 aromatic heterocycles. The molecule has 0 fully saturated rings. The minimum Gasteiger partial charge on any atom is -0.454 e. The normalized spacial score (nSPS) is 13.8. The van der Waals surface area contributed by atoms with Crippen LogP contribution < -0.4 is 9.47 Å². The summed E-state index contributed by atoms with van der Waals surface area (Å²) in [7, 11) is 0. The van der Waals surface area contributed by atoms with Crippen molar-refractivity contribution in [3.63, 3.8) is 0 Å². The Bertz CT molecular complexity index is 982. The van der Waals surface area contributed by atoms with Crippen molar-refractivity contribution in [2.45, 2.75) is 0 Å². The van der Waals surface area contributed by atoms with Crippen molar-refractivity contribution in [2.24, 2.45) is 0 Å². The molecule has 5 nitrogen and oxygen atoms in total. The summed E-state index contributed by atoms with van der Waals surface area (Å²) in [4.78, 5) is 12.5. The van der Waals surface area contributed by atoms with E-state index in [0.717, 1.165) is 11.1 Å². The summed E-state index contributed by atoms with van der Waals surface area (Å²) in [5, 5.41) is 8.56. The lowest BCUT2D eigenvalue weighted by atomic mass is 10.1. The smallest absolute Gasteiger partial charge is 0.231 e. The van der Waals surface area contributed by atoms with Crippen molar-refractivity contribution >= 4 is 5.78 Å². The highest BCUT2D eigenvalue weighted by Crippen LogP contribution is 2.38. The molecule has 0 saturated carbocycles. The van der Waals surface area contributed by atoms with Gasteiger partial charge >= 0.3 is 0 Å². The lowest BCUT2D eigenvalue weighted by molar-refractivity contribution is 0.104. The molecule has 0 bridgehead atoms. The molecule has 0 N–H and O–H groups in total. The van der Waals surface area contributed by atoms with Crippen LogP contribution in [0.25, 0.3) is 22.5 Å². The lowest BCUT2D eigenvalue weighted by Crippen LogP contribution is -1.98. The molecular formula is C18H10N2O3. The minimum atomic E-state index is -0.00695. The Labute approximate surface area is 131 Å². The zero-order chi connectivity index (χ0) is 15.4. The van der Waals surface area contributed by atoms with Crippen molar-refractivity contribution in [1.29, 1.82) is 0 Å². The van der Waals surface area contributed by atoms with E-state index >= 15 is 0 Å². The predicted octanol–water partition coefficient (Wildman–Crippen LogP) is 3.08. The van der Waals surface area contributed by atoms with E-state index < -0.39 is 0 Å². The molecule has 0 atom stereocenters. The van der Waals surface area contributed by atoms with Crippen LogP contribution in [0, 0.1) is 0 Å². The molecule has 23 heavy (non-hydrogen) atoms. The Kier molecular flexibility index (Phi) is 2.36. The van der Waals surface area contributed by atoms with E-state index in [2.05, 4.69) is 10.2 Å². The van der Waals surface area contributed by atoms with Gasteiger partial charge in [0.05, 0.1) is 11.3 Å². The molecule has 5 rings (SSSR count). The Hall–Kier alpha value is -3.21. The van der Waals surface area contributed by atoms with Gasteiger partial charge in [0.25, 0.3) is 0 Å². The van der Waals surface area contributed by atoms with Gasteiger partial charge in [0.1, 0.15) is 5.69 Å². The largest absolute Gasteiger partial charge is 0.454 e. The van der Waals surface area contributed by atoms with E-state index in [1.807, 2.05) is 42.5 Å². The zero-order valence-electron chi connectivity index (χ0n) is 11.9. The number of rotatable bonds is 1. The first kappa shape index (κ1) is 12.3. The van der Waals surface area contributed by atoms with Gasteiger partial charge in [-0.3, -0.25) is 4.79 Å². The van der Waals surface area contributed by atoms with Crippen LogP contribution in [0.2, 0.25) is 0 Å². The molecule has 3 aromatic rings. The summed E-state index contributed by atoms with van der Waals surface area (Å²) in [6.07, 6.45) is 0. The minimum absolute atomic E-state index is 0.00695. The molecule has 1 aliphatic heterocycles. The van der Waals surface area contributed by atoms with E-state index in [9.17, 15) is 4.79 Å². The van der Waals surface area contributed by atoms with Crippen molar-refractivity contribution in [3.05, 3.63) is 59.7 Å². The fraction of sp³-hybridized carbons (Fsp3) is 0.0556. The lowest BCUT2D eigenvalue weighted by Gasteiger charge is -2.04. The van der Waals surface area contributed by atoms with Crippen molar-refractivity contribution in [2.75, 3.05) is 6.79 Å². The maximum Gasteiger partial charge on any atom is 0.231 e. The topological polar surface area (TPSA) is 61.3 Å². The van der Waals surface area contributed by atoms with Crippen LogP contribution >= 0.6 is 0 Å². The standard InChI is InChI=1S/C18H10N2O3/c21-18-12-4-2-1-3-11(12)17-13(18)8-14(19-20-17)10-5-6-15-16(7-10)23-9-22-15/h1-8H,9H2. The molecule has 2 heterocycles. The number of aromatic nitrogens is 2. The average Bonchev–Trinajstić information content (AvgIpc) is 3.18. The fourth-order valence-electron chi connectivity index (χ4n) is 2.99. The zero-order valence-corrected chi connectivity index (χ0v) is 11.9. The number of hydrogen-bond acceptors (Lipinski definition) is 5. The second-order valence-electron chi connectivity index (χ2n) is 5.43. The van der Waals surface area contributed by atoms with Gasteiger partial charge in [-0.1, -0.05) is 24.3 Å². The third-order valence-corrected chi connectivity index (χ3v) is 4.13. The summed E-state index contributed by atoms with van der Waals surface area (Å²) < 4.78 is 10.7. The highest BCUT2D eigenvalue weighted by molar-refractivity contribution is 6.21. The Morgan fingerprint density at radius 1 is 0.826 bits per heavy atom. The quantitative estimate of drug-likeness (QED) is 0.541. The van der Waals surface area contributed by atoms with Gasteiger partial charge in [-0.25, -0.2) is 0 Å². The van der Waals surface area contributed by atoms with Gasteiger partial charge in [-0.05, 0) is 24.3 Å². The van der Waals surface area contributed by atoms with Gasteiger partial charge in [0.15, 0.2) is 17.3 Å². The highest BCUT2D eigenvalue weighted by Gasteiger charge is 2.28. The molecule has 5 heteroatoms. The fourth-order valence-corrected chi connectivity index (χ4v) is 2.99. The Balaban J connectivity index is 1.64. The van der Waals surface area contributed by atoms with E-state index in [4.69, 9.17) is 9.47 Å². The summed E-state index contributed by atoms with van der Waals surface area (Å²) in [6, 6.07) is 14.8. The molecular weight excluding hydrogens is 292 g/mol. The monoisotopic (exact) mass is 302 g/mol. The van der Waals surface area contributed by atoms with E-state index in [0.29, 0.717) is 34.0 Å². The van der Waals surface area contributed by atoms with Crippen LogP contribution in [0.3, 0.4) is 0 Å². The summed E-state index contributed by atoms with van der Waals surface area (Å²) in [5.41, 5.74) is 4.25. The predicted molar refractivity (Wildman–Crippen MR) is 82.5 cm³/mol. The number of nitrogens with zero attached hydrogens (tertiary/aromatic N) is 2. The Morgan fingerprint density at radius 2 is 1.65 bits per heavy atom. The maximum absolute atomic E-state index is 12.5. The van der Waals surface area contributed by atoms with Crippen molar-refractivity contribution < 1.29 is 14.3 Å². The number of fused-ring (bicyclic) bond motifs is 4. The number of carbonyl (C=O) groups is 1. The van der Waals surface area contributed by atoms with Crippen LogP contribution in [-0.2, 0) is 0 Å². The molecule has 2 aliphatic rings. The number of benzene rings is 2. The van der Waals surface area contributed by atoms with Crippen LogP contribution in [0.15, 0.2) is 48.5 Å². The van der Waals surface area contributed by atoms with Crippen LogP contribution in [0.1, 0.15) is 15.9 Å². The maximum atomic E-state index is 12.5. The van der Waals surface area contributed by atoms with E-state index in [1.54, 1.807) is 6.07 Å². The van der Waals surface area contributed by atoms with Crippen LogP contribution in [-0.4, -0.2) is 22.8 Å². The molecule has 2 aromatic carbocycles. The average molecular weight is 302 g/mol. The molecule has 0 radical (unpaired) electrons. The van der Waals surface area contributed by atoms with Gasteiger partial charge in [0, 0.05) is 16.7 Å². The first-order valence-electron chi connectivity index (χ1n) is 7.23. The van der Waals surface area contributed by atoms with Crippen molar-refractivity contribution in [1.82, 2.24) is 10.2 Å². The number of ketones is 1. The molecule has 0 spiro atoms. The summed E-state index contributed by atoms with van der Waals surface area (Å²) in [6.45, 7) is 0.225. The molecule has 0 amide bonds. The summed E-state index contributed by atoms with van der Waals surface area (Å²) >= 11 is 0. The highest BCUT2D eigenvalue weighted by atomic mass is 16.7. The van der Waals surface area contributed by atoms with Gasteiger partial charge in [-0.15, -0.1) is 10.2 Å². The second-order valence-corrected chi connectivity index (χ2v) is 5.43. The third-order valence-electron chi connectivity index (χ3n) is 4.13. The van der Waals surface area contributed by atoms with E-state index in [1.165, 1.54) is 0 Å². The van der Waals surface area contributed by atoms with E-state index in [-0.39, 0.29) is 12.6 Å². The van der Waals surface area contributed by atoms with Crippen molar-refractivity contribution in [3.8, 4) is 34.0 Å². The first-order chi connectivity index (χ1) is 11.3. The van der Waals surface area contributed by atoms with Gasteiger partial charge in [0.2, 0.25) is 6.79 Å². The number of hydrogen-bond donors (Lipinski definition) is 0. The first-order valence-corrected chi connectivity index (χ1v) is 7.23. The molecule has 1 aliphatic carbocycles. The molecule has 0 unspecified atom stereocenters. The molecule has 0 saturated heterocycles. The van der Waals surface area contributed by atoms with Crippen LogP contribution in [0.5, 0.6) is 11.5 Å². The second kappa shape index (κ2) is 4.39. The number of ether oxygens (including phenoxy) is 2. The van der Waals surface area contributed by atoms with Crippen LogP contribution in [0.4, 0.5) is 0 Å². The SMILES string of the molecule is O=C1c2ccccc2-c2nnc(-c3ccc4c(c3)OCO4)cc21. The summed E-state index contributed by atoms with van der Waals surface area (Å²) in [5.74, 6) is 1.39. The third kappa shape index (κ3) is 1.70. The van der Waals surface area contributed by atoms with Gasteiger partial charge < -0.3 is 9.47 Å².